The smallest absolute Gasteiger partial charge is 0.165 e. The first-order chi connectivity index (χ1) is 10.8. The molecule has 3 rings (SSSR count). The van der Waals surface area contributed by atoms with Crippen LogP contribution in [0.3, 0.4) is 0 Å². The molecular weight excluding hydrogens is 274 g/mol. The van der Waals surface area contributed by atoms with Crippen molar-refractivity contribution < 1.29 is 0 Å². The van der Waals surface area contributed by atoms with Gasteiger partial charge in [-0.05, 0) is 12.5 Å². The fourth-order valence-corrected chi connectivity index (χ4v) is 2.02. The second-order valence-electron chi connectivity index (χ2n) is 4.97. The largest absolute Gasteiger partial charge is 0.364 e. The third-order valence-corrected chi connectivity index (χ3v) is 3.04. The number of rotatable bonds is 4. The second kappa shape index (κ2) is 8.12. The van der Waals surface area contributed by atoms with Gasteiger partial charge in [0, 0.05) is 13.1 Å². The molecule has 116 valence electrons. The van der Waals surface area contributed by atoms with Gasteiger partial charge in [-0.15, -0.1) is 0 Å². The van der Waals surface area contributed by atoms with E-state index in [2.05, 4.69) is 53.2 Å². The third kappa shape index (κ3) is 3.81. The highest BCUT2D eigenvalue weighted by atomic mass is 15.1. The maximum atomic E-state index is 4.38. The fraction of sp³-hybridized carbons (Fsp3) is 0.353. The van der Waals surface area contributed by atoms with Crippen molar-refractivity contribution in [3.8, 4) is 0 Å². The second-order valence-corrected chi connectivity index (χ2v) is 4.97. The molecule has 1 aromatic carbocycles. The van der Waals surface area contributed by atoms with E-state index < -0.39 is 0 Å². The predicted octanol–water partition coefficient (Wildman–Crippen LogP) is 3.87. The lowest BCUT2D eigenvalue weighted by molar-refractivity contribution is 0.777. The Morgan fingerprint density at radius 1 is 1.00 bits per heavy atom. The highest BCUT2D eigenvalue weighted by Crippen LogP contribution is 2.17. The van der Waals surface area contributed by atoms with E-state index in [1.54, 1.807) is 12.7 Å². The van der Waals surface area contributed by atoms with Crippen LogP contribution in [0.5, 0.6) is 0 Å². The minimum absolute atomic E-state index is 0.728. The summed E-state index contributed by atoms with van der Waals surface area (Å²) < 4.78 is 2.00. The number of imidazole rings is 1. The fourth-order valence-electron chi connectivity index (χ4n) is 2.02. The number of benzene rings is 1. The van der Waals surface area contributed by atoms with Crippen molar-refractivity contribution in [2.24, 2.45) is 0 Å². The molecule has 0 aliphatic carbocycles. The Balaban J connectivity index is 0.000000545. The summed E-state index contributed by atoms with van der Waals surface area (Å²) >= 11 is 0. The molecule has 0 radical (unpaired) electrons. The number of fused-ring (bicyclic) bond motifs is 1. The lowest BCUT2D eigenvalue weighted by Gasteiger charge is -2.06. The molecule has 3 aromatic rings. The van der Waals surface area contributed by atoms with Gasteiger partial charge in [-0.25, -0.2) is 15.0 Å². The van der Waals surface area contributed by atoms with Crippen LogP contribution in [0.15, 0.2) is 43.0 Å². The number of aromatic nitrogens is 4. The minimum Gasteiger partial charge on any atom is -0.364 e. The van der Waals surface area contributed by atoms with Gasteiger partial charge >= 0.3 is 0 Å². The molecule has 0 fully saturated rings. The summed E-state index contributed by atoms with van der Waals surface area (Å²) in [5.41, 5.74) is 2.90. The standard InChI is InChI=1S/C14H15N5.C3H8/c1-2-19-10-18-12-13(16-9-17-14(12)19)15-8-11-6-4-3-5-7-11;1-3-2/h3-7,9-10H,2,8H2,1H3,(H,15,16,17);3H2,1-2H3. The van der Waals surface area contributed by atoms with Gasteiger partial charge in [0.05, 0.1) is 6.33 Å². The zero-order valence-corrected chi connectivity index (χ0v) is 13.5. The summed E-state index contributed by atoms with van der Waals surface area (Å²) in [6.07, 6.45) is 4.62. The molecule has 5 heteroatoms. The van der Waals surface area contributed by atoms with E-state index in [0.717, 1.165) is 30.1 Å². The predicted molar refractivity (Wildman–Crippen MR) is 90.7 cm³/mol. The van der Waals surface area contributed by atoms with Crippen molar-refractivity contribution in [2.45, 2.75) is 40.3 Å². The molecule has 2 heterocycles. The number of hydrogen-bond donors (Lipinski definition) is 1. The molecule has 0 saturated carbocycles. The molecule has 1 N–H and O–H groups in total. The lowest BCUT2D eigenvalue weighted by atomic mass is 10.2. The number of hydrogen-bond acceptors (Lipinski definition) is 4. The summed E-state index contributed by atoms with van der Waals surface area (Å²) in [5.74, 6) is 0.779. The Morgan fingerprint density at radius 3 is 2.41 bits per heavy atom. The molecule has 22 heavy (non-hydrogen) atoms. The van der Waals surface area contributed by atoms with Crippen molar-refractivity contribution in [2.75, 3.05) is 5.32 Å². The van der Waals surface area contributed by atoms with Crippen molar-refractivity contribution in [3.05, 3.63) is 48.5 Å². The van der Waals surface area contributed by atoms with Crippen LogP contribution in [0.2, 0.25) is 0 Å². The van der Waals surface area contributed by atoms with Crippen LogP contribution < -0.4 is 5.32 Å². The minimum atomic E-state index is 0.728. The van der Waals surface area contributed by atoms with Crippen LogP contribution in [0.1, 0.15) is 32.8 Å². The highest BCUT2D eigenvalue weighted by molar-refractivity contribution is 5.82. The van der Waals surface area contributed by atoms with Gasteiger partial charge in [0.15, 0.2) is 11.5 Å². The first-order valence-corrected chi connectivity index (χ1v) is 7.73. The number of anilines is 1. The van der Waals surface area contributed by atoms with Crippen LogP contribution >= 0.6 is 0 Å². The quantitative estimate of drug-likeness (QED) is 0.794. The molecule has 0 amide bonds. The average Bonchev–Trinajstić information content (AvgIpc) is 2.98. The average molecular weight is 297 g/mol. The molecule has 0 aliphatic rings. The van der Waals surface area contributed by atoms with E-state index in [9.17, 15) is 0 Å². The Kier molecular flexibility index (Phi) is 5.89. The molecule has 0 spiro atoms. The van der Waals surface area contributed by atoms with Crippen molar-refractivity contribution >= 4 is 17.0 Å². The summed E-state index contributed by atoms with van der Waals surface area (Å²) in [7, 11) is 0. The number of nitrogens with one attached hydrogen (secondary N) is 1. The Bertz CT molecular complexity index is 691. The number of aryl methyl sites for hydroxylation is 1. The zero-order valence-electron chi connectivity index (χ0n) is 13.5. The molecule has 2 aromatic heterocycles. The monoisotopic (exact) mass is 297 g/mol. The van der Waals surface area contributed by atoms with E-state index in [0.29, 0.717) is 0 Å². The van der Waals surface area contributed by atoms with Crippen molar-refractivity contribution in [1.29, 1.82) is 0 Å². The third-order valence-electron chi connectivity index (χ3n) is 3.04. The van der Waals surface area contributed by atoms with Gasteiger partial charge < -0.3 is 9.88 Å². The molecule has 0 atom stereocenters. The van der Waals surface area contributed by atoms with Crippen LogP contribution in [-0.2, 0) is 13.1 Å². The Hall–Kier alpha value is -2.43. The first-order valence-electron chi connectivity index (χ1n) is 7.73. The molecular formula is C17H23N5. The van der Waals surface area contributed by atoms with Crippen molar-refractivity contribution in [1.82, 2.24) is 19.5 Å². The summed E-state index contributed by atoms with van der Waals surface area (Å²) in [5, 5.41) is 3.31. The summed E-state index contributed by atoms with van der Waals surface area (Å²) in [6, 6.07) is 10.2. The van der Waals surface area contributed by atoms with Gasteiger partial charge in [0.1, 0.15) is 11.8 Å². The normalized spacial score (nSPS) is 10.1. The molecule has 0 saturated heterocycles. The van der Waals surface area contributed by atoms with Crippen LogP contribution in [0, 0.1) is 0 Å². The van der Waals surface area contributed by atoms with Gasteiger partial charge in [-0.3, -0.25) is 0 Å². The van der Waals surface area contributed by atoms with Crippen molar-refractivity contribution in [3.63, 3.8) is 0 Å². The zero-order chi connectivity index (χ0) is 15.8. The Morgan fingerprint density at radius 2 is 1.73 bits per heavy atom. The summed E-state index contributed by atoms with van der Waals surface area (Å²) in [4.78, 5) is 12.9. The molecule has 0 bridgehead atoms. The summed E-state index contributed by atoms with van der Waals surface area (Å²) in [6.45, 7) is 7.90. The lowest BCUT2D eigenvalue weighted by Crippen LogP contribution is -2.03. The topological polar surface area (TPSA) is 55.6 Å². The first kappa shape index (κ1) is 15.9. The molecule has 0 unspecified atom stereocenters. The molecule has 0 aliphatic heterocycles. The maximum Gasteiger partial charge on any atom is 0.165 e. The van der Waals surface area contributed by atoms with Crippen LogP contribution in [-0.4, -0.2) is 19.5 Å². The van der Waals surface area contributed by atoms with E-state index in [-0.39, 0.29) is 0 Å². The highest BCUT2D eigenvalue weighted by Gasteiger charge is 2.08. The van der Waals surface area contributed by atoms with E-state index in [1.807, 2.05) is 22.8 Å². The van der Waals surface area contributed by atoms with E-state index in [4.69, 9.17) is 0 Å². The Labute approximate surface area is 131 Å². The van der Waals surface area contributed by atoms with Crippen LogP contribution in [0.4, 0.5) is 5.82 Å². The van der Waals surface area contributed by atoms with Gasteiger partial charge in [-0.2, -0.15) is 0 Å². The van der Waals surface area contributed by atoms with Gasteiger partial charge in [0.25, 0.3) is 0 Å². The van der Waals surface area contributed by atoms with Gasteiger partial charge in [-0.1, -0.05) is 50.6 Å². The maximum absolute atomic E-state index is 4.38. The molecule has 5 nitrogen and oxygen atoms in total. The number of nitrogens with zero attached hydrogens (tertiary/aromatic N) is 4. The van der Waals surface area contributed by atoms with Gasteiger partial charge in [0.2, 0.25) is 0 Å². The van der Waals surface area contributed by atoms with Crippen LogP contribution in [0.25, 0.3) is 11.2 Å². The van der Waals surface area contributed by atoms with E-state index in [1.165, 1.54) is 12.0 Å². The van der Waals surface area contributed by atoms with E-state index >= 15 is 0 Å². The SMILES string of the molecule is CCC.CCn1cnc2c(NCc3ccccc3)ncnc21.